The van der Waals surface area contributed by atoms with Gasteiger partial charge in [-0.25, -0.2) is 4.57 Å². The molecule has 0 spiro atoms. The fraction of sp³-hybridized carbons (Fsp3) is 0.795. The predicted molar refractivity (Wildman–Crippen MR) is 201 cm³/mol. The molecule has 0 aliphatic heterocycles. The molecule has 3 N–H and O–H groups in total. The zero-order valence-electron chi connectivity index (χ0n) is 31.1. The first-order valence-corrected chi connectivity index (χ1v) is 21.0. The van der Waals surface area contributed by atoms with Crippen LogP contribution in [0.5, 0.6) is 0 Å². The zero-order chi connectivity index (χ0) is 36.1. The summed E-state index contributed by atoms with van der Waals surface area (Å²) in [5.74, 6) is -0.533. The Kier molecular flexibility index (Phi) is 34.7. The van der Waals surface area contributed by atoms with Crippen LogP contribution < -0.4 is 5.32 Å². The second kappa shape index (κ2) is 36.0. The number of carbonyl (C=O) groups is 2. The van der Waals surface area contributed by atoms with E-state index < -0.39 is 26.5 Å². The summed E-state index contributed by atoms with van der Waals surface area (Å²) in [5.41, 5.74) is 0. The number of carbonyl (C=O) groups excluding carboxylic acids is 2. The molecule has 0 aliphatic rings. The van der Waals surface area contributed by atoms with Gasteiger partial charge in [0.15, 0.2) is 0 Å². The SMILES string of the molecule is CC/C=C\C/C=C\C/C=C\CCCCCCCC(=O)NCCOP(=O)(O)OCC(O)COC(=O)CCCCCCCCCCCCCCC. The van der Waals surface area contributed by atoms with Crippen LogP contribution in [0.3, 0.4) is 0 Å². The minimum atomic E-state index is -4.41. The average molecular weight is 714 g/mol. The van der Waals surface area contributed by atoms with Crippen molar-refractivity contribution in [1.82, 2.24) is 5.32 Å². The molecule has 0 heterocycles. The molecule has 0 radical (unpaired) electrons. The van der Waals surface area contributed by atoms with Gasteiger partial charge in [-0.15, -0.1) is 0 Å². The van der Waals surface area contributed by atoms with Crippen molar-refractivity contribution in [3.63, 3.8) is 0 Å². The third kappa shape index (κ3) is 37.3. The summed E-state index contributed by atoms with van der Waals surface area (Å²) >= 11 is 0. The topological polar surface area (TPSA) is 131 Å². The quantitative estimate of drug-likeness (QED) is 0.0253. The van der Waals surface area contributed by atoms with Gasteiger partial charge >= 0.3 is 13.8 Å². The van der Waals surface area contributed by atoms with Crippen molar-refractivity contribution in [2.45, 2.75) is 174 Å². The van der Waals surface area contributed by atoms with E-state index in [1.807, 2.05) is 0 Å². The molecule has 0 bridgehead atoms. The van der Waals surface area contributed by atoms with Crippen LogP contribution in [0.1, 0.15) is 168 Å². The van der Waals surface area contributed by atoms with Gasteiger partial charge in [0.2, 0.25) is 5.91 Å². The minimum Gasteiger partial charge on any atom is -0.463 e. The molecule has 0 aromatic rings. The minimum absolute atomic E-state index is 0.0725. The molecule has 0 aromatic carbocycles. The molecule has 0 saturated carbocycles. The first-order valence-electron chi connectivity index (χ1n) is 19.5. The van der Waals surface area contributed by atoms with E-state index in [4.69, 9.17) is 13.8 Å². The Hall–Kier alpha value is -1.77. The number of rotatable bonds is 36. The van der Waals surface area contributed by atoms with Gasteiger partial charge in [-0.3, -0.25) is 18.6 Å². The van der Waals surface area contributed by atoms with E-state index in [1.54, 1.807) is 0 Å². The molecular formula is C39H72NO8P. The Morgan fingerprint density at radius 2 is 1.16 bits per heavy atom. The van der Waals surface area contributed by atoms with Crippen LogP contribution in [0, 0.1) is 0 Å². The van der Waals surface area contributed by atoms with Crippen molar-refractivity contribution in [1.29, 1.82) is 0 Å². The number of aliphatic hydroxyl groups excluding tert-OH is 1. The summed E-state index contributed by atoms with van der Waals surface area (Å²) in [6.45, 7) is 3.41. The van der Waals surface area contributed by atoms with Gasteiger partial charge in [-0.1, -0.05) is 147 Å². The van der Waals surface area contributed by atoms with E-state index >= 15 is 0 Å². The van der Waals surface area contributed by atoms with Gasteiger partial charge in [0, 0.05) is 19.4 Å². The molecule has 9 nitrogen and oxygen atoms in total. The third-order valence-corrected chi connectivity index (χ3v) is 9.07. The highest BCUT2D eigenvalue weighted by atomic mass is 31.2. The fourth-order valence-electron chi connectivity index (χ4n) is 5.16. The first-order chi connectivity index (χ1) is 23.8. The Bertz CT molecular complexity index is 907. The molecule has 0 saturated heterocycles. The molecule has 2 atom stereocenters. The van der Waals surface area contributed by atoms with Crippen LogP contribution in [0.25, 0.3) is 0 Å². The maximum Gasteiger partial charge on any atom is 0.472 e. The van der Waals surface area contributed by atoms with Crippen molar-refractivity contribution in [2.24, 2.45) is 0 Å². The Balaban J connectivity index is 3.64. The lowest BCUT2D eigenvalue weighted by Crippen LogP contribution is -2.27. The highest BCUT2D eigenvalue weighted by molar-refractivity contribution is 7.47. The van der Waals surface area contributed by atoms with Crippen molar-refractivity contribution in [2.75, 3.05) is 26.4 Å². The number of unbranched alkanes of at least 4 members (excludes halogenated alkanes) is 17. The summed E-state index contributed by atoms with van der Waals surface area (Å²) in [5, 5.41) is 12.6. The van der Waals surface area contributed by atoms with Crippen LogP contribution in [-0.2, 0) is 27.9 Å². The molecule has 0 rings (SSSR count). The summed E-state index contributed by atoms with van der Waals surface area (Å²) in [7, 11) is -4.41. The Morgan fingerprint density at radius 1 is 0.653 bits per heavy atom. The zero-order valence-corrected chi connectivity index (χ0v) is 32.0. The van der Waals surface area contributed by atoms with E-state index in [2.05, 4.69) is 55.6 Å². The third-order valence-electron chi connectivity index (χ3n) is 8.08. The van der Waals surface area contributed by atoms with Gasteiger partial charge in [-0.05, 0) is 44.9 Å². The normalized spacial score (nSPS) is 13.8. The lowest BCUT2D eigenvalue weighted by molar-refractivity contribution is -0.147. The van der Waals surface area contributed by atoms with Crippen LogP contribution in [0.15, 0.2) is 36.5 Å². The fourth-order valence-corrected chi connectivity index (χ4v) is 5.92. The van der Waals surface area contributed by atoms with E-state index in [0.29, 0.717) is 6.42 Å². The highest BCUT2D eigenvalue weighted by Gasteiger charge is 2.23. The summed E-state index contributed by atoms with van der Waals surface area (Å²) in [4.78, 5) is 33.8. The number of hydrogen-bond acceptors (Lipinski definition) is 7. The summed E-state index contributed by atoms with van der Waals surface area (Å²) in [6.07, 6.45) is 37.8. The molecule has 0 aliphatic carbocycles. The number of hydrogen-bond donors (Lipinski definition) is 3. The van der Waals surface area contributed by atoms with Crippen LogP contribution in [-0.4, -0.2) is 54.3 Å². The van der Waals surface area contributed by atoms with E-state index in [0.717, 1.165) is 77.0 Å². The number of phosphoric ester groups is 1. The molecular weight excluding hydrogens is 641 g/mol. The molecule has 286 valence electrons. The lowest BCUT2D eigenvalue weighted by atomic mass is 10.0. The first kappa shape index (κ1) is 47.2. The number of phosphoric acid groups is 1. The van der Waals surface area contributed by atoms with Gasteiger partial charge in [-0.2, -0.15) is 0 Å². The maximum absolute atomic E-state index is 12.0. The molecule has 1 amide bonds. The number of allylic oxidation sites excluding steroid dienone is 6. The monoisotopic (exact) mass is 713 g/mol. The molecule has 0 aromatic heterocycles. The predicted octanol–water partition coefficient (Wildman–Crippen LogP) is 10.2. The number of aliphatic hydroxyl groups is 1. The van der Waals surface area contributed by atoms with Gasteiger partial charge < -0.3 is 20.1 Å². The number of esters is 1. The lowest BCUT2D eigenvalue weighted by Gasteiger charge is -2.15. The van der Waals surface area contributed by atoms with Gasteiger partial charge in [0.05, 0.1) is 13.2 Å². The number of ether oxygens (including phenoxy) is 1. The highest BCUT2D eigenvalue weighted by Crippen LogP contribution is 2.42. The van der Waals surface area contributed by atoms with Crippen LogP contribution in [0.4, 0.5) is 0 Å². The molecule has 2 unspecified atom stereocenters. The van der Waals surface area contributed by atoms with Crippen molar-refractivity contribution >= 4 is 19.7 Å². The second-order valence-electron chi connectivity index (χ2n) is 12.9. The average Bonchev–Trinajstić information content (AvgIpc) is 3.08. The Labute approximate surface area is 299 Å². The number of nitrogens with one attached hydrogen (secondary N) is 1. The van der Waals surface area contributed by atoms with E-state index in [-0.39, 0.29) is 32.1 Å². The van der Waals surface area contributed by atoms with Crippen LogP contribution >= 0.6 is 7.82 Å². The summed E-state index contributed by atoms with van der Waals surface area (Å²) < 4.78 is 26.8. The molecule has 10 heteroatoms. The van der Waals surface area contributed by atoms with Crippen molar-refractivity contribution < 1.29 is 37.9 Å². The largest absolute Gasteiger partial charge is 0.472 e. The smallest absolute Gasteiger partial charge is 0.463 e. The molecule has 49 heavy (non-hydrogen) atoms. The van der Waals surface area contributed by atoms with Gasteiger partial charge in [0.25, 0.3) is 0 Å². The van der Waals surface area contributed by atoms with Gasteiger partial charge in [0.1, 0.15) is 12.7 Å². The summed E-state index contributed by atoms with van der Waals surface area (Å²) in [6, 6.07) is 0. The molecule has 0 fully saturated rings. The van der Waals surface area contributed by atoms with Crippen molar-refractivity contribution in [3.05, 3.63) is 36.5 Å². The van der Waals surface area contributed by atoms with E-state index in [9.17, 15) is 24.2 Å². The van der Waals surface area contributed by atoms with Crippen molar-refractivity contribution in [3.8, 4) is 0 Å². The van der Waals surface area contributed by atoms with E-state index in [1.165, 1.54) is 64.2 Å². The number of amides is 1. The Morgan fingerprint density at radius 3 is 1.76 bits per heavy atom. The standard InChI is InChI=1S/C39H72NO8P/c1-3-5-7-9-11-13-15-17-18-20-21-23-25-27-29-31-38(42)40-33-34-47-49(44,45)48-36-37(41)35-46-39(43)32-30-28-26-24-22-19-16-14-12-10-8-6-4-2/h5,7,11,13,17-18,37,41H,3-4,6,8-10,12,14-16,19-36H2,1-2H3,(H,40,42)(H,44,45)/b7-5-,13-11-,18-17-. The van der Waals surface area contributed by atoms with Crippen LogP contribution in [0.2, 0.25) is 0 Å². The maximum atomic E-state index is 12.0. The second-order valence-corrected chi connectivity index (χ2v) is 14.3.